The SMILES string of the molecule is Cc1ccc(OCC(=O)Nc2cccc(C#N)c2)c(C)c1. The minimum atomic E-state index is -0.259. The molecule has 0 aliphatic heterocycles. The zero-order valence-corrected chi connectivity index (χ0v) is 12.0. The van der Waals surface area contributed by atoms with Crippen molar-refractivity contribution in [1.82, 2.24) is 0 Å². The summed E-state index contributed by atoms with van der Waals surface area (Å²) in [6.07, 6.45) is 0. The van der Waals surface area contributed by atoms with E-state index in [1.807, 2.05) is 38.1 Å². The predicted molar refractivity (Wildman–Crippen MR) is 81.2 cm³/mol. The van der Waals surface area contributed by atoms with E-state index in [0.717, 1.165) is 11.1 Å². The number of hydrogen-bond acceptors (Lipinski definition) is 3. The smallest absolute Gasteiger partial charge is 0.262 e. The number of anilines is 1. The van der Waals surface area contributed by atoms with E-state index < -0.39 is 0 Å². The van der Waals surface area contributed by atoms with E-state index in [-0.39, 0.29) is 12.5 Å². The average Bonchev–Trinajstić information content (AvgIpc) is 2.46. The Labute approximate surface area is 124 Å². The fraction of sp³-hybridized carbons (Fsp3) is 0.176. The number of aryl methyl sites for hydroxylation is 2. The summed E-state index contributed by atoms with van der Waals surface area (Å²) in [5.41, 5.74) is 3.23. The Morgan fingerprint density at radius 2 is 2.05 bits per heavy atom. The predicted octanol–water partition coefficient (Wildman–Crippen LogP) is 3.19. The average molecular weight is 280 g/mol. The standard InChI is InChI=1S/C17H16N2O2/c1-12-6-7-16(13(2)8-12)21-11-17(20)19-15-5-3-4-14(9-15)10-18/h3-9H,11H2,1-2H3,(H,19,20). The van der Waals surface area contributed by atoms with Crippen LogP contribution in [0.1, 0.15) is 16.7 Å². The Kier molecular flexibility index (Phi) is 4.57. The van der Waals surface area contributed by atoms with Gasteiger partial charge in [0.15, 0.2) is 6.61 Å². The van der Waals surface area contributed by atoms with E-state index in [4.69, 9.17) is 10.00 Å². The molecular formula is C17H16N2O2. The third-order valence-corrected chi connectivity index (χ3v) is 2.96. The minimum Gasteiger partial charge on any atom is -0.483 e. The number of benzene rings is 2. The summed E-state index contributed by atoms with van der Waals surface area (Å²) in [6, 6.07) is 14.6. The Bertz CT molecular complexity index is 702. The van der Waals surface area contributed by atoms with Gasteiger partial charge in [0.25, 0.3) is 5.91 Å². The Hall–Kier alpha value is -2.80. The molecule has 0 bridgehead atoms. The van der Waals surface area contributed by atoms with E-state index in [0.29, 0.717) is 17.0 Å². The van der Waals surface area contributed by atoms with Crippen molar-refractivity contribution < 1.29 is 9.53 Å². The zero-order chi connectivity index (χ0) is 15.2. The summed E-state index contributed by atoms with van der Waals surface area (Å²) < 4.78 is 5.51. The van der Waals surface area contributed by atoms with Gasteiger partial charge in [0.2, 0.25) is 0 Å². The number of rotatable bonds is 4. The van der Waals surface area contributed by atoms with Gasteiger partial charge in [-0.1, -0.05) is 23.8 Å². The Morgan fingerprint density at radius 3 is 2.76 bits per heavy atom. The van der Waals surface area contributed by atoms with Gasteiger partial charge >= 0.3 is 0 Å². The van der Waals surface area contributed by atoms with Crippen LogP contribution in [-0.2, 0) is 4.79 Å². The number of nitriles is 1. The molecule has 0 radical (unpaired) electrons. The summed E-state index contributed by atoms with van der Waals surface area (Å²) in [5, 5.41) is 11.5. The first-order chi connectivity index (χ1) is 10.1. The van der Waals surface area contributed by atoms with E-state index in [9.17, 15) is 4.79 Å². The third-order valence-electron chi connectivity index (χ3n) is 2.96. The molecule has 21 heavy (non-hydrogen) atoms. The van der Waals surface area contributed by atoms with E-state index in [1.54, 1.807) is 24.3 Å². The lowest BCUT2D eigenvalue weighted by Gasteiger charge is -2.10. The maximum absolute atomic E-state index is 11.8. The number of carbonyl (C=O) groups excluding carboxylic acids is 1. The second kappa shape index (κ2) is 6.58. The topological polar surface area (TPSA) is 62.1 Å². The number of nitrogens with one attached hydrogen (secondary N) is 1. The molecule has 0 fully saturated rings. The minimum absolute atomic E-state index is 0.0688. The molecule has 0 aromatic heterocycles. The molecule has 1 N–H and O–H groups in total. The molecular weight excluding hydrogens is 264 g/mol. The molecule has 1 amide bonds. The van der Waals surface area contributed by atoms with Crippen molar-refractivity contribution >= 4 is 11.6 Å². The number of carbonyl (C=O) groups is 1. The molecule has 2 rings (SSSR count). The molecule has 0 saturated heterocycles. The van der Waals surface area contributed by atoms with Crippen LogP contribution in [-0.4, -0.2) is 12.5 Å². The molecule has 2 aromatic rings. The van der Waals surface area contributed by atoms with E-state index in [2.05, 4.69) is 5.32 Å². The second-order valence-corrected chi connectivity index (χ2v) is 4.80. The summed E-state index contributed by atoms with van der Waals surface area (Å²) >= 11 is 0. The van der Waals surface area contributed by atoms with Crippen molar-refractivity contribution in [1.29, 1.82) is 5.26 Å². The van der Waals surface area contributed by atoms with Crippen molar-refractivity contribution in [3.63, 3.8) is 0 Å². The number of nitrogens with zero attached hydrogens (tertiary/aromatic N) is 1. The van der Waals surface area contributed by atoms with Gasteiger partial charge in [-0.3, -0.25) is 4.79 Å². The van der Waals surface area contributed by atoms with Gasteiger partial charge in [-0.05, 0) is 43.7 Å². The van der Waals surface area contributed by atoms with Crippen molar-refractivity contribution in [3.05, 3.63) is 59.2 Å². The normalized spacial score (nSPS) is 9.76. The zero-order valence-electron chi connectivity index (χ0n) is 12.0. The summed E-state index contributed by atoms with van der Waals surface area (Å²) in [4.78, 5) is 11.8. The second-order valence-electron chi connectivity index (χ2n) is 4.80. The highest BCUT2D eigenvalue weighted by atomic mass is 16.5. The molecule has 4 heteroatoms. The van der Waals surface area contributed by atoms with Crippen LogP contribution in [0.5, 0.6) is 5.75 Å². The number of amides is 1. The molecule has 0 atom stereocenters. The van der Waals surface area contributed by atoms with Crippen LogP contribution in [0.3, 0.4) is 0 Å². The van der Waals surface area contributed by atoms with Crippen LogP contribution in [0.25, 0.3) is 0 Å². The monoisotopic (exact) mass is 280 g/mol. The highest BCUT2D eigenvalue weighted by Gasteiger charge is 2.06. The Morgan fingerprint density at radius 1 is 1.24 bits per heavy atom. The number of hydrogen-bond donors (Lipinski definition) is 1. The summed E-state index contributed by atoms with van der Waals surface area (Å²) in [6.45, 7) is 3.88. The van der Waals surface area contributed by atoms with Gasteiger partial charge in [0.05, 0.1) is 11.6 Å². The molecule has 0 spiro atoms. The fourth-order valence-electron chi connectivity index (χ4n) is 1.97. The van der Waals surface area contributed by atoms with E-state index in [1.165, 1.54) is 0 Å². The van der Waals surface area contributed by atoms with Gasteiger partial charge in [0, 0.05) is 5.69 Å². The maximum Gasteiger partial charge on any atom is 0.262 e. The van der Waals surface area contributed by atoms with Crippen molar-refractivity contribution in [2.24, 2.45) is 0 Å². The lowest BCUT2D eigenvalue weighted by atomic mass is 10.1. The van der Waals surface area contributed by atoms with Gasteiger partial charge in [-0.25, -0.2) is 0 Å². The molecule has 4 nitrogen and oxygen atoms in total. The third kappa shape index (κ3) is 4.08. The van der Waals surface area contributed by atoms with Crippen LogP contribution in [0.15, 0.2) is 42.5 Å². The first kappa shape index (κ1) is 14.6. The van der Waals surface area contributed by atoms with Crippen LogP contribution < -0.4 is 10.1 Å². The van der Waals surface area contributed by atoms with Crippen LogP contribution >= 0.6 is 0 Å². The van der Waals surface area contributed by atoms with Crippen LogP contribution in [0.4, 0.5) is 5.69 Å². The van der Waals surface area contributed by atoms with Crippen molar-refractivity contribution in [2.45, 2.75) is 13.8 Å². The maximum atomic E-state index is 11.8. The molecule has 106 valence electrons. The molecule has 2 aromatic carbocycles. The first-order valence-corrected chi connectivity index (χ1v) is 6.58. The Balaban J connectivity index is 1.94. The molecule has 0 aliphatic carbocycles. The van der Waals surface area contributed by atoms with Gasteiger partial charge in [-0.15, -0.1) is 0 Å². The van der Waals surface area contributed by atoms with Crippen LogP contribution in [0.2, 0.25) is 0 Å². The van der Waals surface area contributed by atoms with Crippen LogP contribution in [0, 0.1) is 25.2 Å². The molecule has 0 unspecified atom stereocenters. The van der Waals surface area contributed by atoms with E-state index >= 15 is 0 Å². The number of ether oxygens (including phenoxy) is 1. The summed E-state index contributed by atoms with van der Waals surface area (Å²) in [5.74, 6) is 0.437. The molecule has 0 heterocycles. The molecule has 0 aliphatic rings. The lowest BCUT2D eigenvalue weighted by Crippen LogP contribution is -2.20. The van der Waals surface area contributed by atoms with Gasteiger partial charge < -0.3 is 10.1 Å². The van der Waals surface area contributed by atoms with Gasteiger partial charge in [0.1, 0.15) is 5.75 Å². The van der Waals surface area contributed by atoms with Gasteiger partial charge in [-0.2, -0.15) is 5.26 Å². The fourth-order valence-corrected chi connectivity index (χ4v) is 1.97. The lowest BCUT2D eigenvalue weighted by molar-refractivity contribution is -0.118. The largest absolute Gasteiger partial charge is 0.483 e. The highest BCUT2D eigenvalue weighted by molar-refractivity contribution is 5.92. The first-order valence-electron chi connectivity index (χ1n) is 6.58. The highest BCUT2D eigenvalue weighted by Crippen LogP contribution is 2.18. The van der Waals surface area contributed by atoms with Crippen molar-refractivity contribution in [2.75, 3.05) is 11.9 Å². The van der Waals surface area contributed by atoms with Crippen molar-refractivity contribution in [3.8, 4) is 11.8 Å². The quantitative estimate of drug-likeness (QED) is 0.935. The summed E-state index contributed by atoms with van der Waals surface area (Å²) in [7, 11) is 0. The molecule has 0 saturated carbocycles.